The Morgan fingerprint density at radius 3 is 2.59 bits per heavy atom. The van der Waals surface area contributed by atoms with E-state index >= 15 is 0 Å². The Kier molecular flexibility index (Phi) is 3.99. The molecule has 92 valence electrons. The Labute approximate surface area is 102 Å². The lowest BCUT2D eigenvalue weighted by Crippen LogP contribution is -2.46. The number of aromatic nitrogens is 1. The third-order valence-electron chi connectivity index (χ3n) is 3.21. The number of rotatable bonds is 3. The quantitative estimate of drug-likeness (QED) is 0.651. The van der Waals surface area contributed by atoms with Gasteiger partial charge < -0.3 is 19.8 Å². The molecule has 0 saturated carbocycles. The average molecular weight is 235 g/mol. The second kappa shape index (κ2) is 5.49. The first-order chi connectivity index (χ1) is 8.20. The topological polar surface area (TPSA) is 59.8 Å². The lowest BCUT2D eigenvalue weighted by atomic mass is 9.81. The predicted octanol–water partition coefficient (Wildman–Crippen LogP) is -1.10. The maximum Gasteiger partial charge on any atom is 0.488 e. The lowest BCUT2D eigenvalue weighted by Gasteiger charge is -2.34. The summed E-state index contributed by atoms with van der Waals surface area (Å²) in [6.07, 6.45) is 1.62. The zero-order valence-electron chi connectivity index (χ0n) is 10.1. The molecule has 0 spiro atoms. The van der Waals surface area contributed by atoms with E-state index in [0.717, 1.165) is 38.5 Å². The van der Waals surface area contributed by atoms with Crippen LogP contribution in [0.1, 0.15) is 6.92 Å². The van der Waals surface area contributed by atoms with Crippen LogP contribution in [0.15, 0.2) is 18.3 Å². The van der Waals surface area contributed by atoms with Gasteiger partial charge in [0.1, 0.15) is 5.82 Å². The van der Waals surface area contributed by atoms with E-state index in [1.54, 1.807) is 18.3 Å². The molecule has 1 fully saturated rings. The molecule has 0 amide bonds. The fourth-order valence-corrected chi connectivity index (χ4v) is 2.06. The maximum atomic E-state index is 9.13. The van der Waals surface area contributed by atoms with Crippen LogP contribution in [0.5, 0.6) is 0 Å². The molecule has 2 N–H and O–H groups in total. The number of anilines is 1. The fraction of sp³-hybridized carbons (Fsp3) is 0.545. The predicted molar refractivity (Wildman–Crippen MR) is 68.4 cm³/mol. The van der Waals surface area contributed by atoms with E-state index in [1.807, 2.05) is 0 Å². The summed E-state index contributed by atoms with van der Waals surface area (Å²) < 4.78 is 0. The Hall–Kier alpha value is -1.11. The van der Waals surface area contributed by atoms with Crippen LogP contribution >= 0.6 is 0 Å². The van der Waals surface area contributed by atoms with Gasteiger partial charge >= 0.3 is 7.12 Å². The Balaban J connectivity index is 2.05. The maximum absolute atomic E-state index is 9.13. The second-order valence-electron chi connectivity index (χ2n) is 4.24. The van der Waals surface area contributed by atoms with Gasteiger partial charge in [0.2, 0.25) is 0 Å². The Bertz CT molecular complexity index is 367. The third-order valence-corrected chi connectivity index (χ3v) is 3.21. The summed E-state index contributed by atoms with van der Waals surface area (Å²) in [5.74, 6) is 0.825. The van der Waals surface area contributed by atoms with Crippen molar-refractivity contribution in [3.8, 4) is 0 Å². The second-order valence-corrected chi connectivity index (χ2v) is 4.24. The van der Waals surface area contributed by atoms with Gasteiger partial charge in [0.15, 0.2) is 0 Å². The molecule has 2 rings (SSSR count). The molecule has 1 aromatic heterocycles. The normalized spacial score (nSPS) is 17.2. The first-order valence-corrected chi connectivity index (χ1v) is 6.00. The molecule has 5 nitrogen and oxygen atoms in total. The van der Waals surface area contributed by atoms with Crippen LogP contribution in [0.25, 0.3) is 0 Å². The number of likely N-dealkylation sites (N-methyl/N-ethyl adjacent to an activating group) is 1. The van der Waals surface area contributed by atoms with Crippen LogP contribution < -0.4 is 10.4 Å². The molecule has 1 aromatic rings. The Morgan fingerprint density at radius 2 is 2.00 bits per heavy atom. The summed E-state index contributed by atoms with van der Waals surface area (Å²) in [5.41, 5.74) is 0.493. The van der Waals surface area contributed by atoms with Gasteiger partial charge in [-0.25, -0.2) is 4.98 Å². The summed E-state index contributed by atoms with van der Waals surface area (Å²) in [7, 11) is -1.42. The van der Waals surface area contributed by atoms with Gasteiger partial charge in [-0.05, 0) is 24.1 Å². The zero-order chi connectivity index (χ0) is 12.3. The molecule has 2 heterocycles. The molecule has 0 radical (unpaired) electrons. The van der Waals surface area contributed by atoms with Crippen LogP contribution in [-0.4, -0.2) is 59.8 Å². The third kappa shape index (κ3) is 2.97. The molecule has 1 aliphatic heterocycles. The molecule has 0 aromatic carbocycles. The van der Waals surface area contributed by atoms with Crippen LogP contribution in [-0.2, 0) is 0 Å². The van der Waals surface area contributed by atoms with E-state index in [2.05, 4.69) is 21.7 Å². The van der Waals surface area contributed by atoms with Gasteiger partial charge in [0.25, 0.3) is 0 Å². The minimum atomic E-state index is -1.42. The SMILES string of the molecule is CCN1CCN(c2cc(B(O)O)ccn2)CC1. The van der Waals surface area contributed by atoms with E-state index in [9.17, 15) is 0 Å². The van der Waals surface area contributed by atoms with Crippen LogP contribution in [0.4, 0.5) is 5.82 Å². The smallest absolute Gasteiger partial charge is 0.423 e. The lowest BCUT2D eigenvalue weighted by molar-refractivity contribution is 0.270. The fourth-order valence-electron chi connectivity index (χ4n) is 2.06. The van der Waals surface area contributed by atoms with E-state index in [-0.39, 0.29) is 0 Å². The average Bonchev–Trinajstić information content (AvgIpc) is 2.39. The van der Waals surface area contributed by atoms with Crippen LogP contribution in [0, 0.1) is 0 Å². The van der Waals surface area contributed by atoms with E-state index in [1.165, 1.54) is 0 Å². The monoisotopic (exact) mass is 235 g/mol. The number of hydrogen-bond donors (Lipinski definition) is 2. The molecular weight excluding hydrogens is 217 g/mol. The number of nitrogens with zero attached hydrogens (tertiary/aromatic N) is 3. The highest BCUT2D eigenvalue weighted by molar-refractivity contribution is 6.58. The highest BCUT2D eigenvalue weighted by Crippen LogP contribution is 2.11. The molecule has 0 atom stereocenters. The van der Waals surface area contributed by atoms with Crippen molar-refractivity contribution >= 4 is 18.4 Å². The Morgan fingerprint density at radius 1 is 1.29 bits per heavy atom. The number of hydrogen-bond acceptors (Lipinski definition) is 5. The molecule has 6 heteroatoms. The highest BCUT2D eigenvalue weighted by atomic mass is 16.4. The summed E-state index contributed by atoms with van der Waals surface area (Å²) in [6, 6.07) is 3.36. The summed E-state index contributed by atoms with van der Waals surface area (Å²) in [6.45, 7) is 7.18. The van der Waals surface area contributed by atoms with Crippen molar-refractivity contribution in [1.29, 1.82) is 0 Å². The zero-order valence-corrected chi connectivity index (χ0v) is 10.1. The summed E-state index contributed by atoms with van der Waals surface area (Å²) >= 11 is 0. The molecule has 0 aliphatic carbocycles. The molecule has 1 saturated heterocycles. The van der Waals surface area contributed by atoms with Crippen LogP contribution in [0.3, 0.4) is 0 Å². The van der Waals surface area contributed by atoms with Gasteiger partial charge in [0.05, 0.1) is 0 Å². The molecular formula is C11H18BN3O2. The number of piperazine rings is 1. The van der Waals surface area contributed by atoms with Gasteiger partial charge in [-0.2, -0.15) is 0 Å². The summed E-state index contributed by atoms with van der Waals surface area (Å²) in [4.78, 5) is 8.85. The first kappa shape index (κ1) is 12.4. The largest absolute Gasteiger partial charge is 0.488 e. The van der Waals surface area contributed by atoms with E-state index in [0.29, 0.717) is 5.46 Å². The van der Waals surface area contributed by atoms with Gasteiger partial charge in [-0.3, -0.25) is 0 Å². The van der Waals surface area contributed by atoms with E-state index < -0.39 is 7.12 Å². The van der Waals surface area contributed by atoms with Crippen molar-refractivity contribution in [1.82, 2.24) is 9.88 Å². The van der Waals surface area contributed by atoms with Crippen molar-refractivity contribution in [2.24, 2.45) is 0 Å². The first-order valence-electron chi connectivity index (χ1n) is 6.00. The standard InChI is InChI=1S/C11H18BN3O2/c1-2-14-5-7-15(8-6-14)11-9-10(12(16)17)3-4-13-11/h3-4,9,16-17H,2,5-8H2,1H3. The molecule has 0 bridgehead atoms. The van der Waals surface area contributed by atoms with Gasteiger partial charge in [-0.15, -0.1) is 0 Å². The van der Waals surface area contributed by atoms with Crippen molar-refractivity contribution in [2.45, 2.75) is 6.92 Å². The summed E-state index contributed by atoms with van der Waals surface area (Å²) in [5, 5.41) is 18.3. The van der Waals surface area contributed by atoms with Gasteiger partial charge in [-0.1, -0.05) is 6.92 Å². The van der Waals surface area contributed by atoms with Crippen LogP contribution in [0.2, 0.25) is 0 Å². The number of pyridine rings is 1. The van der Waals surface area contributed by atoms with Crippen molar-refractivity contribution < 1.29 is 10.0 Å². The molecule has 0 unspecified atom stereocenters. The highest BCUT2D eigenvalue weighted by Gasteiger charge is 2.18. The minimum Gasteiger partial charge on any atom is -0.423 e. The van der Waals surface area contributed by atoms with Crippen molar-refractivity contribution in [3.63, 3.8) is 0 Å². The van der Waals surface area contributed by atoms with Crippen molar-refractivity contribution in [2.75, 3.05) is 37.6 Å². The van der Waals surface area contributed by atoms with E-state index in [4.69, 9.17) is 10.0 Å². The molecule has 1 aliphatic rings. The van der Waals surface area contributed by atoms with Gasteiger partial charge in [0, 0.05) is 32.4 Å². The molecule has 17 heavy (non-hydrogen) atoms. The van der Waals surface area contributed by atoms with Crippen molar-refractivity contribution in [3.05, 3.63) is 18.3 Å². The minimum absolute atomic E-state index is 0.493.